The fraction of sp³-hybridized carbons (Fsp3) is 0.182. The summed E-state index contributed by atoms with van der Waals surface area (Å²) in [6.07, 6.45) is 1.62. The van der Waals surface area contributed by atoms with E-state index in [4.69, 9.17) is 0 Å². The van der Waals surface area contributed by atoms with Crippen LogP contribution in [0.5, 0.6) is 0 Å². The van der Waals surface area contributed by atoms with Crippen molar-refractivity contribution in [3.8, 4) is 23.0 Å². The van der Waals surface area contributed by atoms with Crippen LogP contribution in [-0.2, 0) is 16.9 Å². The largest absolute Gasteiger partial charge is 0.317 e. The van der Waals surface area contributed by atoms with Gasteiger partial charge in [0, 0.05) is 29.8 Å². The number of benzene rings is 2. The number of nitrogens with zero attached hydrogens (tertiary/aromatic N) is 1. The first-order valence-electron chi connectivity index (χ1n) is 8.72. The number of pyridine rings is 1. The lowest BCUT2D eigenvalue weighted by Gasteiger charge is -2.14. The highest BCUT2D eigenvalue weighted by molar-refractivity contribution is 7.91. The van der Waals surface area contributed by atoms with Crippen LogP contribution in [0.1, 0.15) is 24.2 Å². The third kappa shape index (κ3) is 3.37. The second kappa shape index (κ2) is 7.45. The first-order valence-corrected chi connectivity index (χ1v) is 10.4. The van der Waals surface area contributed by atoms with Crippen LogP contribution in [0, 0.1) is 11.8 Å². The van der Waals surface area contributed by atoms with Gasteiger partial charge in [-0.25, -0.2) is 8.42 Å². The molecule has 1 heterocycles. The van der Waals surface area contributed by atoms with Crippen LogP contribution in [-0.4, -0.2) is 24.5 Å². The SMILES string of the molecule is CC#CC(=O)c1ccc(S(=O)(=O)CC)cc1-c1cn(C)c(=O)c2ccccc12. The molecule has 0 aliphatic carbocycles. The van der Waals surface area contributed by atoms with Crippen LogP contribution in [0.25, 0.3) is 21.9 Å². The van der Waals surface area contributed by atoms with E-state index in [2.05, 4.69) is 11.8 Å². The Bertz CT molecular complexity index is 1320. The fourth-order valence-corrected chi connectivity index (χ4v) is 4.02. The first-order chi connectivity index (χ1) is 13.3. The summed E-state index contributed by atoms with van der Waals surface area (Å²) in [6.45, 7) is 3.13. The molecule has 0 amide bonds. The van der Waals surface area contributed by atoms with Gasteiger partial charge in [0.1, 0.15) is 0 Å². The quantitative estimate of drug-likeness (QED) is 0.388. The Morgan fingerprint density at radius 2 is 1.75 bits per heavy atom. The highest BCUT2D eigenvalue weighted by atomic mass is 32.2. The normalized spacial score (nSPS) is 11.1. The Kier molecular flexibility index (Phi) is 5.21. The van der Waals surface area contributed by atoms with Gasteiger partial charge >= 0.3 is 0 Å². The number of fused-ring (bicyclic) bond motifs is 1. The molecule has 28 heavy (non-hydrogen) atoms. The molecule has 0 unspecified atom stereocenters. The molecule has 0 saturated carbocycles. The predicted molar refractivity (Wildman–Crippen MR) is 110 cm³/mol. The second-order valence-corrected chi connectivity index (χ2v) is 8.60. The minimum Gasteiger partial charge on any atom is -0.317 e. The molecule has 0 atom stereocenters. The van der Waals surface area contributed by atoms with Gasteiger partial charge in [0.05, 0.1) is 10.6 Å². The first kappa shape index (κ1) is 19.6. The molecular formula is C22H19NO4S. The number of Topliss-reactive ketones (excluding diaryl/α,β-unsaturated/α-hetero) is 1. The van der Waals surface area contributed by atoms with E-state index >= 15 is 0 Å². The van der Waals surface area contributed by atoms with Crippen molar-refractivity contribution in [1.29, 1.82) is 0 Å². The average Bonchev–Trinajstić information content (AvgIpc) is 2.70. The van der Waals surface area contributed by atoms with E-state index in [-0.39, 0.29) is 16.2 Å². The third-order valence-electron chi connectivity index (χ3n) is 4.59. The molecule has 0 fully saturated rings. The average molecular weight is 393 g/mol. The lowest BCUT2D eigenvalue weighted by molar-refractivity contribution is 0.105. The highest BCUT2D eigenvalue weighted by Gasteiger charge is 2.20. The summed E-state index contributed by atoms with van der Waals surface area (Å²) in [5.41, 5.74) is 1.17. The zero-order chi connectivity index (χ0) is 20.5. The Balaban J connectivity index is 2.46. The lowest BCUT2D eigenvalue weighted by Crippen LogP contribution is -2.17. The highest BCUT2D eigenvalue weighted by Crippen LogP contribution is 2.32. The van der Waals surface area contributed by atoms with Crippen LogP contribution in [0.2, 0.25) is 0 Å². The molecule has 0 radical (unpaired) electrons. The second-order valence-electron chi connectivity index (χ2n) is 6.32. The summed E-state index contributed by atoms with van der Waals surface area (Å²) in [5, 5.41) is 1.14. The number of aromatic nitrogens is 1. The van der Waals surface area contributed by atoms with Crippen LogP contribution in [0.4, 0.5) is 0 Å². The molecule has 3 aromatic rings. The molecule has 0 N–H and O–H groups in total. The van der Waals surface area contributed by atoms with E-state index in [1.54, 1.807) is 51.4 Å². The molecule has 2 aromatic carbocycles. The number of aryl methyl sites for hydroxylation is 1. The summed E-state index contributed by atoms with van der Waals surface area (Å²) >= 11 is 0. The van der Waals surface area contributed by atoms with Crippen molar-refractivity contribution < 1.29 is 13.2 Å². The van der Waals surface area contributed by atoms with Gasteiger partial charge in [-0.3, -0.25) is 9.59 Å². The molecule has 6 heteroatoms. The lowest BCUT2D eigenvalue weighted by atomic mass is 9.94. The Morgan fingerprint density at radius 3 is 2.39 bits per heavy atom. The molecule has 5 nitrogen and oxygen atoms in total. The van der Waals surface area contributed by atoms with E-state index < -0.39 is 15.6 Å². The minimum atomic E-state index is -3.47. The Morgan fingerprint density at radius 1 is 1.07 bits per heavy atom. The minimum absolute atomic E-state index is 0.0531. The summed E-state index contributed by atoms with van der Waals surface area (Å²) in [7, 11) is -1.85. The van der Waals surface area contributed by atoms with Crippen molar-refractivity contribution >= 4 is 26.4 Å². The number of carbonyl (C=O) groups excluding carboxylic acids is 1. The molecule has 0 spiro atoms. The predicted octanol–water partition coefficient (Wildman–Crippen LogP) is 3.21. The van der Waals surface area contributed by atoms with Crippen LogP contribution in [0.15, 0.2) is 58.4 Å². The van der Waals surface area contributed by atoms with Crippen LogP contribution >= 0.6 is 0 Å². The standard InChI is InChI=1S/C22H19NO4S/c1-4-8-21(24)17-12-11-15(28(26,27)5-2)13-19(17)20-14-23(3)22(25)18-10-7-6-9-16(18)20/h6-7,9-14H,5H2,1-3H3. The molecule has 0 bridgehead atoms. The number of hydrogen-bond acceptors (Lipinski definition) is 4. The molecule has 0 aliphatic heterocycles. The van der Waals surface area contributed by atoms with Gasteiger partial charge in [-0.15, -0.1) is 0 Å². The topological polar surface area (TPSA) is 73.2 Å². The van der Waals surface area contributed by atoms with Gasteiger partial charge < -0.3 is 4.57 Å². The number of ketones is 1. The van der Waals surface area contributed by atoms with E-state index in [1.807, 2.05) is 0 Å². The molecule has 3 rings (SSSR count). The summed E-state index contributed by atoms with van der Waals surface area (Å²) in [5.74, 6) is 4.64. The third-order valence-corrected chi connectivity index (χ3v) is 6.33. The zero-order valence-corrected chi connectivity index (χ0v) is 16.6. The van der Waals surface area contributed by atoms with Gasteiger partial charge in [0.2, 0.25) is 5.78 Å². The Hall–Kier alpha value is -3.17. The van der Waals surface area contributed by atoms with Gasteiger partial charge in [0.15, 0.2) is 9.84 Å². The Labute approximate surface area is 163 Å². The number of rotatable bonds is 4. The van der Waals surface area contributed by atoms with Crippen molar-refractivity contribution in [3.05, 3.63) is 64.6 Å². The van der Waals surface area contributed by atoms with E-state index in [0.717, 1.165) is 0 Å². The fourth-order valence-electron chi connectivity index (χ4n) is 3.12. The molecule has 0 aliphatic rings. The summed E-state index contributed by atoms with van der Waals surface area (Å²) in [6, 6.07) is 11.5. The van der Waals surface area contributed by atoms with Gasteiger partial charge in [-0.1, -0.05) is 31.0 Å². The summed E-state index contributed by atoms with van der Waals surface area (Å²) in [4.78, 5) is 25.2. The maximum absolute atomic E-state index is 12.6. The zero-order valence-electron chi connectivity index (χ0n) is 15.8. The van der Waals surface area contributed by atoms with Crippen molar-refractivity contribution in [1.82, 2.24) is 4.57 Å². The molecule has 142 valence electrons. The van der Waals surface area contributed by atoms with Crippen molar-refractivity contribution in [3.63, 3.8) is 0 Å². The van der Waals surface area contributed by atoms with Crippen LogP contribution < -0.4 is 5.56 Å². The molecule has 0 saturated heterocycles. The summed E-state index contributed by atoms with van der Waals surface area (Å²) < 4.78 is 26.2. The van der Waals surface area contributed by atoms with Crippen LogP contribution in [0.3, 0.4) is 0 Å². The van der Waals surface area contributed by atoms with Crippen molar-refractivity contribution in [2.45, 2.75) is 18.7 Å². The van der Waals surface area contributed by atoms with Gasteiger partial charge in [-0.2, -0.15) is 0 Å². The number of hydrogen-bond donors (Lipinski definition) is 0. The van der Waals surface area contributed by atoms with Crippen molar-refractivity contribution in [2.24, 2.45) is 7.05 Å². The van der Waals surface area contributed by atoms with E-state index in [0.29, 0.717) is 27.5 Å². The maximum Gasteiger partial charge on any atom is 0.258 e. The van der Waals surface area contributed by atoms with E-state index in [1.165, 1.54) is 22.8 Å². The van der Waals surface area contributed by atoms with Gasteiger partial charge in [0.25, 0.3) is 5.56 Å². The number of sulfone groups is 1. The smallest absolute Gasteiger partial charge is 0.258 e. The number of carbonyl (C=O) groups is 1. The van der Waals surface area contributed by atoms with E-state index in [9.17, 15) is 18.0 Å². The molecular weight excluding hydrogens is 374 g/mol. The maximum atomic E-state index is 12.6. The molecule has 1 aromatic heterocycles. The monoisotopic (exact) mass is 393 g/mol. The van der Waals surface area contributed by atoms with Gasteiger partial charge in [-0.05, 0) is 48.1 Å². The van der Waals surface area contributed by atoms with Crippen molar-refractivity contribution in [2.75, 3.05) is 5.75 Å².